The van der Waals surface area contributed by atoms with E-state index >= 15 is 0 Å². The average molecular weight is 751 g/mol. The molecule has 9 nitrogen and oxygen atoms in total. The zero-order valence-electron chi connectivity index (χ0n) is 32.9. The van der Waals surface area contributed by atoms with Gasteiger partial charge in [-0.1, -0.05) is 161 Å². The molecule has 0 aliphatic rings. The quantitative estimate of drug-likeness (QED) is 0.0229. The zero-order chi connectivity index (χ0) is 38.1. The SMILES string of the molecule is CCCCCCCCC=CCCCCCCCC(=O)NC(COS(=O)(=O)c1ccc([N+](=O)[O-])cc1)C(O)CCCCCCCCCCCCCCC. The van der Waals surface area contributed by atoms with E-state index in [9.17, 15) is 28.4 Å². The Morgan fingerprint density at radius 3 is 1.60 bits per heavy atom. The van der Waals surface area contributed by atoms with E-state index in [4.69, 9.17) is 4.18 Å². The third-order valence-electron chi connectivity index (χ3n) is 9.82. The van der Waals surface area contributed by atoms with E-state index in [1.807, 2.05) is 0 Å². The van der Waals surface area contributed by atoms with Crippen LogP contribution in [0.15, 0.2) is 41.3 Å². The largest absolute Gasteiger partial charge is 0.391 e. The van der Waals surface area contributed by atoms with Gasteiger partial charge in [0.1, 0.15) is 0 Å². The molecule has 300 valence electrons. The number of carbonyl (C=O) groups is 1. The van der Waals surface area contributed by atoms with Gasteiger partial charge < -0.3 is 10.4 Å². The Balaban J connectivity index is 2.44. The van der Waals surface area contributed by atoms with Gasteiger partial charge in [-0.3, -0.25) is 19.1 Å². The number of hydrogen-bond donors (Lipinski definition) is 2. The number of amides is 1. The molecule has 2 unspecified atom stereocenters. The maximum Gasteiger partial charge on any atom is 0.297 e. The summed E-state index contributed by atoms with van der Waals surface area (Å²) < 4.78 is 31.0. The van der Waals surface area contributed by atoms with Gasteiger partial charge in [0.05, 0.1) is 28.6 Å². The lowest BCUT2D eigenvalue weighted by atomic mass is 10.0. The summed E-state index contributed by atoms with van der Waals surface area (Å²) in [4.78, 5) is 23.0. The van der Waals surface area contributed by atoms with E-state index in [0.717, 1.165) is 82.1 Å². The summed E-state index contributed by atoms with van der Waals surface area (Å²) in [5.41, 5.74) is -0.229. The number of benzene rings is 1. The minimum Gasteiger partial charge on any atom is -0.391 e. The summed E-state index contributed by atoms with van der Waals surface area (Å²) in [6, 6.07) is 3.57. The number of allylic oxidation sites excluding steroid dienone is 2. The molecule has 0 saturated carbocycles. The Morgan fingerprint density at radius 2 is 1.13 bits per heavy atom. The van der Waals surface area contributed by atoms with Crippen molar-refractivity contribution in [3.8, 4) is 0 Å². The first-order chi connectivity index (χ1) is 25.2. The molecule has 0 aliphatic heterocycles. The van der Waals surface area contributed by atoms with Crippen LogP contribution in [-0.4, -0.2) is 43.1 Å². The second-order valence-corrected chi connectivity index (χ2v) is 16.2. The molecule has 0 spiro atoms. The molecule has 0 fully saturated rings. The van der Waals surface area contributed by atoms with Crippen molar-refractivity contribution in [2.75, 3.05) is 6.61 Å². The summed E-state index contributed by atoms with van der Waals surface area (Å²) in [6.07, 6.45) is 35.3. The molecule has 0 radical (unpaired) electrons. The molecule has 2 atom stereocenters. The van der Waals surface area contributed by atoms with Crippen molar-refractivity contribution in [1.82, 2.24) is 5.32 Å². The topological polar surface area (TPSA) is 136 Å². The Morgan fingerprint density at radius 1 is 0.712 bits per heavy atom. The van der Waals surface area contributed by atoms with Gasteiger partial charge in [-0.2, -0.15) is 8.42 Å². The number of hydrogen-bond acceptors (Lipinski definition) is 7. The summed E-state index contributed by atoms with van der Waals surface area (Å²) in [5.74, 6) is -0.233. The summed E-state index contributed by atoms with van der Waals surface area (Å²) in [6.45, 7) is 4.07. The standard InChI is InChI=1S/C42H74N2O7S/c1-3-5-7-9-11-13-15-17-18-20-22-24-26-28-30-32-42(46)43-40(37-51-52(49,50)39-35-33-38(34-36-39)44(47)48)41(45)31-29-27-25-23-21-19-16-14-12-10-8-6-4-2/h17-18,33-36,40-41,45H,3-16,19-32,37H2,1-2H3,(H,43,46). The molecule has 10 heteroatoms. The molecule has 0 saturated heterocycles. The predicted molar refractivity (Wildman–Crippen MR) is 214 cm³/mol. The van der Waals surface area contributed by atoms with Gasteiger partial charge in [-0.25, -0.2) is 0 Å². The smallest absolute Gasteiger partial charge is 0.297 e. The van der Waals surface area contributed by atoms with E-state index < -0.39 is 33.8 Å². The number of unbranched alkanes of at least 4 members (excludes halogenated alkanes) is 23. The average Bonchev–Trinajstić information content (AvgIpc) is 3.13. The Hall–Kier alpha value is -2.30. The van der Waals surface area contributed by atoms with Crippen molar-refractivity contribution >= 4 is 21.7 Å². The highest BCUT2D eigenvalue weighted by Gasteiger charge is 2.25. The molecule has 0 aliphatic carbocycles. The number of nitrogens with one attached hydrogen (secondary N) is 1. The number of nitro groups is 1. The van der Waals surface area contributed by atoms with Crippen molar-refractivity contribution in [3.05, 3.63) is 46.5 Å². The second-order valence-electron chi connectivity index (χ2n) is 14.6. The van der Waals surface area contributed by atoms with Crippen LogP contribution in [0.3, 0.4) is 0 Å². The zero-order valence-corrected chi connectivity index (χ0v) is 33.7. The van der Waals surface area contributed by atoms with Crippen molar-refractivity contribution in [2.24, 2.45) is 0 Å². The lowest BCUT2D eigenvalue weighted by molar-refractivity contribution is -0.384. The van der Waals surface area contributed by atoms with E-state index in [-0.39, 0.29) is 16.5 Å². The van der Waals surface area contributed by atoms with Crippen molar-refractivity contribution in [2.45, 2.75) is 211 Å². The maximum absolute atomic E-state index is 12.9. The van der Waals surface area contributed by atoms with Crippen molar-refractivity contribution in [1.29, 1.82) is 0 Å². The van der Waals surface area contributed by atoms with E-state index in [1.54, 1.807) is 0 Å². The van der Waals surface area contributed by atoms with Crippen molar-refractivity contribution in [3.63, 3.8) is 0 Å². The van der Waals surface area contributed by atoms with Crippen LogP contribution >= 0.6 is 0 Å². The normalized spacial score (nSPS) is 13.1. The van der Waals surface area contributed by atoms with Crippen LogP contribution in [-0.2, 0) is 19.1 Å². The first-order valence-electron chi connectivity index (χ1n) is 21.0. The second kappa shape index (κ2) is 32.2. The van der Waals surface area contributed by atoms with Crippen LogP contribution < -0.4 is 5.32 Å². The summed E-state index contributed by atoms with van der Waals surface area (Å²) in [5, 5.41) is 24.8. The number of non-ortho nitro benzene ring substituents is 1. The maximum atomic E-state index is 12.9. The first kappa shape index (κ1) is 47.7. The van der Waals surface area contributed by atoms with E-state index in [2.05, 4.69) is 31.3 Å². The van der Waals surface area contributed by atoms with Crippen LogP contribution in [0, 0.1) is 10.1 Å². The molecule has 1 rings (SSSR count). The minimum absolute atomic E-state index is 0.220. The number of rotatable bonds is 36. The van der Waals surface area contributed by atoms with E-state index in [0.29, 0.717) is 12.8 Å². The van der Waals surface area contributed by atoms with Crippen LogP contribution in [0.1, 0.15) is 194 Å². The molecule has 52 heavy (non-hydrogen) atoms. The Kier molecular flexibility index (Phi) is 29.5. The summed E-state index contributed by atoms with van der Waals surface area (Å²) in [7, 11) is -4.25. The fourth-order valence-corrected chi connectivity index (χ4v) is 7.35. The monoisotopic (exact) mass is 751 g/mol. The van der Waals surface area contributed by atoms with Crippen molar-refractivity contribution < 1.29 is 27.4 Å². The number of nitrogens with zero attached hydrogens (tertiary/aromatic N) is 1. The number of aliphatic hydroxyl groups excluding tert-OH is 1. The van der Waals surface area contributed by atoms with Gasteiger partial charge in [0, 0.05) is 18.6 Å². The van der Waals surface area contributed by atoms with Gasteiger partial charge in [-0.05, 0) is 50.7 Å². The highest BCUT2D eigenvalue weighted by Crippen LogP contribution is 2.20. The Labute approximate surface area is 317 Å². The van der Waals surface area contributed by atoms with Gasteiger partial charge in [-0.15, -0.1) is 0 Å². The molecule has 0 bridgehead atoms. The third kappa shape index (κ3) is 25.6. The highest BCUT2D eigenvalue weighted by molar-refractivity contribution is 7.86. The first-order valence-corrected chi connectivity index (χ1v) is 22.4. The Bertz CT molecular complexity index is 1160. The van der Waals surface area contributed by atoms with Crippen LogP contribution in [0.5, 0.6) is 0 Å². The fraction of sp³-hybridized carbons (Fsp3) is 0.786. The van der Waals surface area contributed by atoms with Crippen LogP contribution in [0.2, 0.25) is 0 Å². The molecule has 1 aromatic rings. The van der Waals surface area contributed by atoms with Gasteiger partial charge in [0.25, 0.3) is 15.8 Å². The van der Waals surface area contributed by atoms with Crippen LogP contribution in [0.25, 0.3) is 0 Å². The highest BCUT2D eigenvalue weighted by atomic mass is 32.2. The molecular formula is C42H74N2O7S. The molecule has 1 amide bonds. The van der Waals surface area contributed by atoms with Gasteiger partial charge >= 0.3 is 0 Å². The third-order valence-corrected chi connectivity index (χ3v) is 11.1. The molecule has 1 aromatic carbocycles. The van der Waals surface area contributed by atoms with E-state index in [1.165, 1.54) is 109 Å². The lowest BCUT2D eigenvalue weighted by Gasteiger charge is -2.24. The van der Waals surface area contributed by atoms with Gasteiger partial charge in [0.2, 0.25) is 5.91 Å². The number of nitro benzene ring substituents is 1. The molecular weight excluding hydrogens is 677 g/mol. The minimum atomic E-state index is -4.25. The molecule has 0 aromatic heterocycles. The number of carbonyl (C=O) groups excluding carboxylic acids is 1. The van der Waals surface area contributed by atoms with Crippen LogP contribution in [0.4, 0.5) is 5.69 Å². The molecule has 0 heterocycles. The lowest BCUT2D eigenvalue weighted by Crippen LogP contribution is -2.46. The number of aliphatic hydroxyl groups is 1. The van der Waals surface area contributed by atoms with Gasteiger partial charge in [0.15, 0.2) is 0 Å². The molecule has 2 N–H and O–H groups in total. The predicted octanol–water partition coefficient (Wildman–Crippen LogP) is 11.7. The fourth-order valence-electron chi connectivity index (χ4n) is 6.42. The summed E-state index contributed by atoms with van der Waals surface area (Å²) >= 11 is 0.